The number of ether oxygens (including phenoxy) is 1. The number of likely N-dealkylation sites (tertiary alicyclic amines) is 1. The number of piperidine rings is 1. The number of benzene rings is 1. The first kappa shape index (κ1) is 13.4. The van der Waals surface area contributed by atoms with Crippen LogP contribution in [0.4, 0.5) is 0 Å². The molecule has 3 heteroatoms. The van der Waals surface area contributed by atoms with Crippen LogP contribution < -0.4 is 10.1 Å². The Kier molecular flexibility index (Phi) is 5.49. The van der Waals surface area contributed by atoms with Crippen molar-refractivity contribution in [2.45, 2.75) is 25.8 Å². The second-order valence-corrected chi connectivity index (χ2v) is 4.93. The fourth-order valence-corrected chi connectivity index (χ4v) is 2.38. The molecule has 0 radical (unpaired) electrons. The minimum absolute atomic E-state index is 0.797. The van der Waals surface area contributed by atoms with Crippen molar-refractivity contribution in [2.75, 3.05) is 33.3 Å². The summed E-state index contributed by atoms with van der Waals surface area (Å²) in [6.07, 6.45) is 4.09. The molecule has 3 nitrogen and oxygen atoms in total. The zero-order chi connectivity index (χ0) is 12.6. The van der Waals surface area contributed by atoms with Crippen molar-refractivity contribution in [2.24, 2.45) is 0 Å². The summed E-state index contributed by atoms with van der Waals surface area (Å²) < 4.78 is 5.78. The van der Waals surface area contributed by atoms with Gasteiger partial charge in [-0.15, -0.1) is 0 Å². The largest absolute Gasteiger partial charge is 0.492 e. The van der Waals surface area contributed by atoms with E-state index in [1.165, 1.54) is 37.9 Å². The SMILES string of the molecule is CNCc1ccc(OCCN2CCCCC2)cc1. The summed E-state index contributed by atoms with van der Waals surface area (Å²) in [6.45, 7) is 5.24. The number of hydrogen-bond acceptors (Lipinski definition) is 3. The lowest BCUT2D eigenvalue weighted by Crippen LogP contribution is -2.33. The Balaban J connectivity index is 1.69. The predicted molar refractivity (Wildman–Crippen MR) is 75.0 cm³/mol. The molecule has 0 spiro atoms. The van der Waals surface area contributed by atoms with Crippen LogP contribution in [-0.2, 0) is 6.54 Å². The molecule has 0 unspecified atom stereocenters. The molecule has 1 aliphatic heterocycles. The number of nitrogens with one attached hydrogen (secondary N) is 1. The fraction of sp³-hybridized carbons (Fsp3) is 0.600. The first-order valence-electron chi connectivity index (χ1n) is 6.97. The highest BCUT2D eigenvalue weighted by atomic mass is 16.5. The van der Waals surface area contributed by atoms with Crippen molar-refractivity contribution in [1.29, 1.82) is 0 Å². The van der Waals surface area contributed by atoms with E-state index >= 15 is 0 Å². The summed E-state index contributed by atoms with van der Waals surface area (Å²) in [5.74, 6) is 0.979. The van der Waals surface area contributed by atoms with Gasteiger partial charge in [-0.1, -0.05) is 18.6 Å². The Morgan fingerprint density at radius 1 is 1.11 bits per heavy atom. The molecule has 1 fully saturated rings. The second kappa shape index (κ2) is 7.39. The van der Waals surface area contributed by atoms with Crippen molar-refractivity contribution < 1.29 is 4.74 Å². The lowest BCUT2D eigenvalue weighted by Gasteiger charge is -2.26. The number of hydrogen-bond donors (Lipinski definition) is 1. The molecule has 0 aliphatic carbocycles. The van der Waals surface area contributed by atoms with Crippen LogP contribution in [0.3, 0.4) is 0 Å². The average molecular weight is 248 g/mol. The van der Waals surface area contributed by atoms with Gasteiger partial charge in [0.15, 0.2) is 0 Å². The zero-order valence-electron chi connectivity index (χ0n) is 11.3. The van der Waals surface area contributed by atoms with Crippen molar-refractivity contribution in [3.63, 3.8) is 0 Å². The van der Waals surface area contributed by atoms with Gasteiger partial charge in [-0.2, -0.15) is 0 Å². The van der Waals surface area contributed by atoms with Crippen LogP contribution in [0.1, 0.15) is 24.8 Å². The monoisotopic (exact) mass is 248 g/mol. The second-order valence-electron chi connectivity index (χ2n) is 4.93. The molecule has 1 aromatic carbocycles. The van der Waals surface area contributed by atoms with Gasteiger partial charge in [-0.05, 0) is 50.7 Å². The standard InChI is InChI=1S/C15H24N2O/c1-16-13-14-5-7-15(8-6-14)18-12-11-17-9-3-2-4-10-17/h5-8,16H,2-4,9-13H2,1H3. The highest BCUT2D eigenvalue weighted by molar-refractivity contribution is 5.27. The number of rotatable bonds is 6. The Hall–Kier alpha value is -1.06. The molecule has 1 heterocycles. The maximum absolute atomic E-state index is 5.78. The predicted octanol–water partition coefficient (Wildman–Crippen LogP) is 2.27. The normalized spacial score (nSPS) is 16.7. The first-order chi connectivity index (χ1) is 8.88. The molecule has 100 valence electrons. The molecule has 0 aromatic heterocycles. The molecule has 0 atom stereocenters. The Bertz CT molecular complexity index is 331. The highest BCUT2D eigenvalue weighted by Gasteiger charge is 2.09. The molecule has 1 saturated heterocycles. The van der Waals surface area contributed by atoms with Gasteiger partial charge in [0, 0.05) is 13.1 Å². The lowest BCUT2D eigenvalue weighted by molar-refractivity contribution is 0.183. The van der Waals surface area contributed by atoms with Crippen molar-refractivity contribution >= 4 is 0 Å². The summed E-state index contributed by atoms with van der Waals surface area (Å²) in [6, 6.07) is 8.35. The summed E-state index contributed by atoms with van der Waals surface area (Å²) in [4.78, 5) is 2.50. The maximum Gasteiger partial charge on any atom is 0.119 e. The fourth-order valence-electron chi connectivity index (χ4n) is 2.38. The van der Waals surface area contributed by atoms with Crippen LogP contribution in [0, 0.1) is 0 Å². The van der Waals surface area contributed by atoms with Crippen LogP contribution in [0.25, 0.3) is 0 Å². The van der Waals surface area contributed by atoms with Gasteiger partial charge in [0.2, 0.25) is 0 Å². The molecule has 0 saturated carbocycles. The van der Waals surface area contributed by atoms with Crippen LogP contribution in [-0.4, -0.2) is 38.2 Å². The molecule has 1 aliphatic rings. The summed E-state index contributed by atoms with van der Waals surface area (Å²) >= 11 is 0. The molecule has 0 amide bonds. The van der Waals surface area contributed by atoms with Crippen molar-refractivity contribution in [3.8, 4) is 5.75 Å². The van der Waals surface area contributed by atoms with Gasteiger partial charge in [-0.3, -0.25) is 4.90 Å². The summed E-state index contributed by atoms with van der Waals surface area (Å²) in [7, 11) is 1.96. The van der Waals surface area contributed by atoms with Gasteiger partial charge in [0.25, 0.3) is 0 Å². The van der Waals surface area contributed by atoms with Gasteiger partial charge in [0.05, 0.1) is 0 Å². The van der Waals surface area contributed by atoms with Crippen LogP contribution in [0.2, 0.25) is 0 Å². The van der Waals surface area contributed by atoms with Gasteiger partial charge in [-0.25, -0.2) is 0 Å². The highest BCUT2D eigenvalue weighted by Crippen LogP contribution is 2.13. The van der Waals surface area contributed by atoms with Crippen LogP contribution in [0.5, 0.6) is 5.75 Å². The minimum atomic E-state index is 0.797. The molecule has 1 N–H and O–H groups in total. The first-order valence-corrected chi connectivity index (χ1v) is 6.97. The lowest BCUT2D eigenvalue weighted by atomic mass is 10.1. The Morgan fingerprint density at radius 3 is 2.50 bits per heavy atom. The van der Waals surface area contributed by atoms with Gasteiger partial charge < -0.3 is 10.1 Å². The average Bonchev–Trinajstić information content (AvgIpc) is 2.42. The zero-order valence-corrected chi connectivity index (χ0v) is 11.3. The van der Waals surface area contributed by atoms with Crippen molar-refractivity contribution in [3.05, 3.63) is 29.8 Å². The third-order valence-electron chi connectivity index (χ3n) is 3.43. The van der Waals surface area contributed by atoms with E-state index in [0.717, 1.165) is 25.4 Å². The molecular weight excluding hydrogens is 224 g/mol. The van der Waals surface area contributed by atoms with E-state index in [1.807, 2.05) is 7.05 Å². The molecule has 1 aromatic rings. The van der Waals surface area contributed by atoms with E-state index in [2.05, 4.69) is 34.5 Å². The van der Waals surface area contributed by atoms with Crippen molar-refractivity contribution in [1.82, 2.24) is 10.2 Å². The van der Waals surface area contributed by atoms with E-state index in [-0.39, 0.29) is 0 Å². The van der Waals surface area contributed by atoms with Gasteiger partial charge in [0.1, 0.15) is 12.4 Å². The van der Waals surface area contributed by atoms with Crippen LogP contribution in [0.15, 0.2) is 24.3 Å². The van der Waals surface area contributed by atoms with E-state index in [4.69, 9.17) is 4.74 Å². The number of nitrogens with zero attached hydrogens (tertiary/aromatic N) is 1. The topological polar surface area (TPSA) is 24.5 Å². The molecular formula is C15H24N2O. The molecule has 18 heavy (non-hydrogen) atoms. The smallest absolute Gasteiger partial charge is 0.119 e. The van der Waals surface area contributed by atoms with Gasteiger partial charge >= 0.3 is 0 Å². The van der Waals surface area contributed by atoms with E-state index in [1.54, 1.807) is 0 Å². The maximum atomic E-state index is 5.78. The molecule has 2 rings (SSSR count). The van der Waals surface area contributed by atoms with Crippen LogP contribution >= 0.6 is 0 Å². The summed E-state index contributed by atoms with van der Waals surface area (Å²) in [5, 5.41) is 3.14. The quantitative estimate of drug-likeness (QED) is 0.836. The third-order valence-corrected chi connectivity index (χ3v) is 3.43. The van der Waals surface area contributed by atoms with E-state index < -0.39 is 0 Å². The molecule has 0 bridgehead atoms. The third kappa shape index (κ3) is 4.31. The van der Waals surface area contributed by atoms with E-state index in [0.29, 0.717) is 0 Å². The van der Waals surface area contributed by atoms with E-state index in [9.17, 15) is 0 Å². The summed E-state index contributed by atoms with van der Waals surface area (Å²) in [5.41, 5.74) is 1.29. The minimum Gasteiger partial charge on any atom is -0.492 e. The Labute approximate surface area is 110 Å². The Morgan fingerprint density at radius 2 is 1.83 bits per heavy atom.